The summed E-state index contributed by atoms with van der Waals surface area (Å²) in [7, 11) is 1.57. The minimum atomic E-state index is -0.495. The number of rotatable bonds is 4. The lowest BCUT2D eigenvalue weighted by atomic mass is 10.0. The molecular formula is C13H15NO4. The number of β-lactam (4-membered cyclic amide) rings is 1. The van der Waals surface area contributed by atoms with Crippen molar-refractivity contribution in [1.82, 2.24) is 0 Å². The van der Waals surface area contributed by atoms with Crippen LogP contribution in [0.4, 0.5) is 5.69 Å². The second-order valence-corrected chi connectivity index (χ2v) is 3.93. The molecule has 1 heterocycles. The van der Waals surface area contributed by atoms with Crippen LogP contribution in [-0.2, 0) is 14.3 Å². The Morgan fingerprint density at radius 1 is 1.39 bits per heavy atom. The first kappa shape index (κ1) is 12.4. The maximum absolute atomic E-state index is 11.6. The van der Waals surface area contributed by atoms with Crippen LogP contribution in [-0.4, -0.2) is 31.6 Å². The summed E-state index contributed by atoms with van der Waals surface area (Å²) in [5, 5.41) is 0. The van der Waals surface area contributed by atoms with E-state index >= 15 is 0 Å². The van der Waals surface area contributed by atoms with Crippen LogP contribution in [0.2, 0.25) is 0 Å². The molecule has 1 aliphatic heterocycles. The summed E-state index contributed by atoms with van der Waals surface area (Å²) in [6.07, 6.45) is 0.213. The summed E-state index contributed by atoms with van der Waals surface area (Å²) in [6.45, 7) is 2.07. The van der Waals surface area contributed by atoms with E-state index in [1.54, 1.807) is 38.3 Å². The topological polar surface area (TPSA) is 55.8 Å². The van der Waals surface area contributed by atoms with Crippen LogP contribution in [0.3, 0.4) is 0 Å². The van der Waals surface area contributed by atoms with E-state index in [0.717, 1.165) is 0 Å². The van der Waals surface area contributed by atoms with Gasteiger partial charge in [-0.25, -0.2) is 4.79 Å². The molecule has 0 radical (unpaired) electrons. The molecule has 0 N–H and O–H groups in total. The number of hydrogen-bond acceptors (Lipinski definition) is 4. The van der Waals surface area contributed by atoms with Gasteiger partial charge in [0.2, 0.25) is 5.91 Å². The number of hydrogen-bond donors (Lipinski definition) is 0. The molecule has 0 aromatic heterocycles. The lowest BCUT2D eigenvalue weighted by Crippen LogP contribution is -2.57. The highest BCUT2D eigenvalue weighted by molar-refractivity contribution is 6.08. The fourth-order valence-electron chi connectivity index (χ4n) is 1.91. The van der Waals surface area contributed by atoms with Gasteiger partial charge in [0.15, 0.2) is 0 Å². The Balaban J connectivity index is 2.14. The minimum absolute atomic E-state index is 0.0711. The molecule has 1 aromatic carbocycles. The third-order valence-electron chi connectivity index (χ3n) is 2.86. The van der Waals surface area contributed by atoms with Gasteiger partial charge in [0.05, 0.1) is 20.1 Å². The number of methoxy groups -OCH3 is 1. The molecule has 0 bridgehead atoms. The molecule has 0 spiro atoms. The van der Waals surface area contributed by atoms with Gasteiger partial charge in [-0.2, -0.15) is 0 Å². The smallest absolute Gasteiger partial charge is 0.329 e. The van der Waals surface area contributed by atoms with Crippen LogP contribution >= 0.6 is 0 Å². The van der Waals surface area contributed by atoms with E-state index < -0.39 is 6.04 Å². The van der Waals surface area contributed by atoms with Crippen molar-refractivity contribution >= 4 is 17.6 Å². The molecule has 0 saturated carbocycles. The summed E-state index contributed by atoms with van der Waals surface area (Å²) in [5.41, 5.74) is 0.685. The minimum Gasteiger partial charge on any atom is -0.497 e. The van der Waals surface area contributed by atoms with E-state index in [1.807, 2.05) is 0 Å². The van der Waals surface area contributed by atoms with E-state index in [9.17, 15) is 9.59 Å². The average Bonchev–Trinajstić information content (AvgIpc) is 2.37. The number of nitrogens with zero attached hydrogens (tertiary/aromatic N) is 1. The van der Waals surface area contributed by atoms with Gasteiger partial charge in [-0.1, -0.05) is 0 Å². The first-order valence-corrected chi connectivity index (χ1v) is 5.80. The highest BCUT2D eigenvalue weighted by Gasteiger charge is 2.43. The highest BCUT2D eigenvalue weighted by Crippen LogP contribution is 2.29. The Morgan fingerprint density at radius 3 is 2.56 bits per heavy atom. The molecule has 18 heavy (non-hydrogen) atoms. The highest BCUT2D eigenvalue weighted by atomic mass is 16.5. The van der Waals surface area contributed by atoms with E-state index in [-0.39, 0.29) is 18.3 Å². The van der Waals surface area contributed by atoms with Crippen molar-refractivity contribution in [3.8, 4) is 5.75 Å². The maximum atomic E-state index is 11.6. The zero-order valence-electron chi connectivity index (χ0n) is 10.4. The molecule has 96 valence electrons. The summed E-state index contributed by atoms with van der Waals surface area (Å²) in [6, 6.07) is 6.52. The quantitative estimate of drug-likeness (QED) is 0.597. The second-order valence-electron chi connectivity index (χ2n) is 3.93. The van der Waals surface area contributed by atoms with Crippen molar-refractivity contribution in [2.24, 2.45) is 0 Å². The fourth-order valence-corrected chi connectivity index (χ4v) is 1.91. The van der Waals surface area contributed by atoms with Gasteiger partial charge in [-0.05, 0) is 31.2 Å². The van der Waals surface area contributed by atoms with E-state index in [1.165, 1.54) is 4.90 Å². The van der Waals surface area contributed by atoms with Crippen LogP contribution < -0.4 is 9.64 Å². The van der Waals surface area contributed by atoms with Crippen LogP contribution in [0.1, 0.15) is 13.3 Å². The largest absolute Gasteiger partial charge is 0.497 e. The molecule has 1 aliphatic rings. The van der Waals surface area contributed by atoms with Crippen molar-refractivity contribution in [3.63, 3.8) is 0 Å². The van der Waals surface area contributed by atoms with Crippen molar-refractivity contribution < 1.29 is 19.1 Å². The summed E-state index contributed by atoms with van der Waals surface area (Å²) >= 11 is 0. The third kappa shape index (κ3) is 2.16. The lowest BCUT2D eigenvalue weighted by Gasteiger charge is -2.38. The monoisotopic (exact) mass is 249 g/mol. The average molecular weight is 249 g/mol. The summed E-state index contributed by atoms with van der Waals surface area (Å²) in [4.78, 5) is 24.7. The Labute approximate surface area is 105 Å². The van der Waals surface area contributed by atoms with Crippen molar-refractivity contribution in [2.45, 2.75) is 19.4 Å². The van der Waals surface area contributed by atoms with Gasteiger partial charge in [-0.3, -0.25) is 9.69 Å². The summed E-state index contributed by atoms with van der Waals surface area (Å²) in [5.74, 6) is 0.283. The normalized spacial score (nSPS) is 18.2. The molecule has 5 heteroatoms. The molecule has 5 nitrogen and oxygen atoms in total. The number of carbonyl (C=O) groups is 2. The van der Waals surface area contributed by atoms with E-state index in [4.69, 9.17) is 9.47 Å². The van der Waals surface area contributed by atoms with Gasteiger partial charge in [-0.15, -0.1) is 0 Å². The number of ether oxygens (including phenoxy) is 2. The zero-order chi connectivity index (χ0) is 13.1. The van der Waals surface area contributed by atoms with E-state index in [2.05, 4.69) is 0 Å². The van der Waals surface area contributed by atoms with Crippen LogP contribution in [0.15, 0.2) is 24.3 Å². The fraction of sp³-hybridized carbons (Fsp3) is 0.385. The molecule has 1 fully saturated rings. The Bertz CT molecular complexity index is 455. The third-order valence-corrected chi connectivity index (χ3v) is 2.86. The van der Waals surface area contributed by atoms with Crippen LogP contribution in [0, 0.1) is 0 Å². The predicted octanol–water partition coefficient (Wildman–Crippen LogP) is 1.36. The van der Waals surface area contributed by atoms with E-state index in [0.29, 0.717) is 18.0 Å². The molecule has 1 saturated heterocycles. The lowest BCUT2D eigenvalue weighted by molar-refractivity contribution is -0.150. The number of amides is 1. The molecule has 1 aromatic rings. The van der Waals surface area contributed by atoms with Gasteiger partial charge in [0.25, 0.3) is 0 Å². The maximum Gasteiger partial charge on any atom is 0.329 e. The number of anilines is 1. The Kier molecular flexibility index (Phi) is 3.50. The Hall–Kier alpha value is -2.04. The molecule has 1 amide bonds. The number of esters is 1. The van der Waals surface area contributed by atoms with Crippen molar-refractivity contribution in [3.05, 3.63) is 24.3 Å². The van der Waals surface area contributed by atoms with Gasteiger partial charge < -0.3 is 9.47 Å². The Morgan fingerprint density at radius 2 is 2.06 bits per heavy atom. The van der Waals surface area contributed by atoms with Crippen LogP contribution in [0.25, 0.3) is 0 Å². The van der Waals surface area contributed by atoms with Crippen molar-refractivity contribution in [1.29, 1.82) is 0 Å². The molecule has 2 rings (SSSR count). The van der Waals surface area contributed by atoms with Gasteiger partial charge >= 0.3 is 5.97 Å². The predicted molar refractivity (Wildman–Crippen MR) is 65.5 cm³/mol. The standard InChI is InChI=1S/C13H15NO4/c1-3-18-13(16)11-8-12(15)14(11)9-4-6-10(17-2)7-5-9/h4-7,11H,3,8H2,1-2H3/t11-/m0/s1. The number of benzene rings is 1. The SMILES string of the molecule is CCOC(=O)[C@@H]1CC(=O)N1c1ccc(OC)cc1. The summed E-state index contributed by atoms with van der Waals surface area (Å²) < 4.78 is 9.98. The second kappa shape index (κ2) is 5.08. The van der Waals surface area contributed by atoms with Crippen molar-refractivity contribution in [2.75, 3.05) is 18.6 Å². The first-order valence-electron chi connectivity index (χ1n) is 5.80. The van der Waals surface area contributed by atoms with Crippen LogP contribution in [0.5, 0.6) is 5.75 Å². The van der Waals surface area contributed by atoms with Gasteiger partial charge in [0, 0.05) is 5.69 Å². The first-order chi connectivity index (χ1) is 8.67. The number of carbonyl (C=O) groups excluding carboxylic acids is 2. The molecule has 1 atom stereocenters. The molecule has 0 aliphatic carbocycles. The molecule has 0 unspecified atom stereocenters. The molecular weight excluding hydrogens is 234 g/mol. The zero-order valence-corrected chi connectivity index (χ0v) is 10.4. The van der Waals surface area contributed by atoms with Gasteiger partial charge in [0.1, 0.15) is 11.8 Å².